The summed E-state index contributed by atoms with van der Waals surface area (Å²) in [5.74, 6) is -4.62. The SMILES string of the molecule is C[C@@H](OC(=O)CN1C(=O)CN(C)C1=O)C(=O)Nc1ccc(SC(F)F)cc1. The number of alkyl halides is 2. The third-order valence-electron chi connectivity index (χ3n) is 3.54. The van der Waals surface area contributed by atoms with E-state index in [2.05, 4.69) is 5.32 Å². The Morgan fingerprint density at radius 1 is 1.26 bits per heavy atom. The van der Waals surface area contributed by atoms with E-state index in [1.807, 2.05) is 0 Å². The maximum Gasteiger partial charge on any atom is 0.327 e. The fraction of sp³-hybridized carbons (Fsp3) is 0.375. The van der Waals surface area contributed by atoms with Gasteiger partial charge in [0.05, 0.1) is 0 Å². The number of rotatable bonds is 7. The van der Waals surface area contributed by atoms with Crippen LogP contribution in [0.3, 0.4) is 0 Å². The Bertz CT molecular complexity index is 744. The number of esters is 1. The first-order valence-corrected chi connectivity index (χ1v) is 8.66. The van der Waals surface area contributed by atoms with Crippen molar-refractivity contribution < 1.29 is 32.7 Å². The van der Waals surface area contributed by atoms with E-state index in [4.69, 9.17) is 4.74 Å². The second kappa shape index (κ2) is 8.80. The molecule has 146 valence electrons. The van der Waals surface area contributed by atoms with Gasteiger partial charge in [0.2, 0.25) is 0 Å². The molecule has 0 aromatic heterocycles. The first-order valence-electron chi connectivity index (χ1n) is 7.78. The molecule has 1 N–H and O–H groups in total. The van der Waals surface area contributed by atoms with E-state index >= 15 is 0 Å². The van der Waals surface area contributed by atoms with Crippen LogP contribution < -0.4 is 5.32 Å². The van der Waals surface area contributed by atoms with Crippen LogP contribution in [0.5, 0.6) is 0 Å². The number of hydrogen-bond acceptors (Lipinski definition) is 6. The maximum atomic E-state index is 12.3. The molecule has 0 unspecified atom stereocenters. The highest BCUT2D eigenvalue weighted by molar-refractivity contribution is 7.99. The Morgan fingerprint density at radius 3 is 2.41 bits per heavy atom. The molecule has 1 aromatic rings. The number of anilines is 1. The van der Waals surface area contributed by atoms with E-state index < -0.39 is 42.2 Å². The molecule has 1 saturated heterocycles. The molecular weight excluding hydrogens is 384 g/mol. The first kappa shape index (κ1) is 20.6. The number of amides is 4. The second-order valence-corrected chi connectivity index (χ2v) is 6.71. The highest BCUT2D eigenvalue weighted by atomic mass is 32.2. The molecule has 0 bridgehead atoms. The number of hydrogen-bond donors (Lipinski definition) is 1. The minimum absolute atomic E-state index is 0.123. The van der Waals surface area contributed by atoms with Gasteiger partial charge < -0.3 is 15.0 Å². The zero-order valence-electron chi connectivity index (χ0n) is 14.5. The minimum Gasteiger partial charge on any atom is -0.451 e. The number of thioether (sulfide) groups is 1. The summed E-state index contributed by atoms with van der Waals surface area (Å²) in [5, 5.41) is 2.48. The Hall–Kier alpha value is -2.69. The van der Waals surface area contributed by atoms with E-state index in [1.54, 1.807) is 0 Å². The molecule has 1 aliphatic heterocycles. The molecule has 1 fully saturated rings. The number of imide groups is 1. The van der Waals surface area contributed by atoms with Gasteiger partial charge in [-0.3, -0.25) is 19.3 Å². The van der Waals surface area contributed by atoms with E-state index in [9.17, 15) is 28.0 Å². The van der Waals surface area contributed by atoms with Crippen molar-refractivity contribution in [2.75, 3.05) is 25.5 Å². The van der Waals surface area contributed by atoms with Crippen molar-refractivity contribution in [3.8, 4) is 0 Å². The van der Waals surface area contributed by atoms with Gasteiger partial charge >= 0.3 is 12.0 Å². The number of carbonyl (C=O) groups excluding carboxylic acids is 4. The summed E-state index contributed by atoms with van der Waals surface area (Å²) in [6.07, 6.45) is -1.18. The molecule has 1 heterocycles. The quantitative estimate of drug-likeness (QED) is 0.425. The molecule has 27 heavy (non-hydrogen) atoms. The van der Waals surface area contributed by atoms with Crippen LogP contribution in [0.15, 0.2) is 29.2 Å². The molecular formula is C16H17F2N3O5S. The lowest BCUT2D eigenvalue weighted by atomic mass is 10.3. The number of nitrogens with zero attached hydrogens (tertiary/aromatic N) is 2. The van der Waals surface area contributed by atoms with Gasteiger partial charge in [-0.25, -0.2) is 4.79 Å². The summed E-state index contributed by atoms with van der Waals surface area (Å²) < 4.78 is 29.5. The topological polar surface area (TPSA) is 96.0 Å². The Labute approximate surface area is 157 Å². The highest BCUT2D eigenvalue weighted by Crippen LogP contribution is 2.26. The number of nitrogens with one attached hydrogen (secondary N) is 1. The summed E-state index contributed by atoms with van der Waals surface area (Å²) >= 11 is 0.378. The molecule has 1 aliphatic rings. The Kier molecular flexibility index (Phi) is 6.72. The highest BCUT2D eigenvalue weighted by Gasteiger charge is 2.35. The molecule has 1 aromatic carbocycles. The number of ether oxygens (including phenoxy) is 1. The van der Waals surface area contributed by atoms with Crippen LogP contribution in [-0.4, -0.2) is 65.6 Å². The zero-order valence-corrected chi connectivity index (χ0v) is 15.3. The van der Waals surface area contributed by atoms with Gasteiger partial charge in [-0.05, 0) is 31.2 Å². The lowest BCUT2D eigenvalue weighted by molar-refractivity contribution is -0.154. The predicted octanol–water partition coefficient (Wildman–Crippen LogP) is 1.77. The molecule has 8 nitrogen and oxygen atoms in total. The normalized spacial score (nSPS) is 15.3. The van der Waals surface area contributed by atoms with Gasteiger partial charge in [-0.2, -0.15) is 8.78 Å². The lowest BCUT2D eigenvalue weighted by Crippen LogP contribution is -2.39. The van der Waals surface area contributed by atoms with Gasteiger partial charge in [0.25, 0.3) is 17.6 Å². The second-order valence-electron chi connectivity index (χ2n) is 5.64. The number of benzene rings is 1. The van der Waals surface area contributed by atoms with Crippen LogP contribution in [0.25, 0.3) is 0 Å². The fourth-order valence-corrected chi connectivity index (χ4v) is 2.70. The smallest absolute Gasteiger partial charge is 0.327 e. The van der Waals surface area contributed by atoms with Crippen LogP contribution in [0.4, 0.5) is 19.3 Å². The van der Waals surface area contributed by atoms with Crippen molar-refractivity contribution in [3.05, 3.63) is 24.3 Å². The van der Waals surface area contributed by atoms with Crippen molar-refractivity contribution in [2.24, 2.45) is 0 Å². The molecule has 0 spiro atoms. The molecule has 11 heteroatoms. The zero-order chi connectivity index (χ0) is 20.1. The summed E-state index contributed by atoms with van der Waals surface area (Å²) in [7, 11) is 1.42. The Morgan fingerprint density at radius 2 is 1.89 bits per heavy atom. The average molecular weight is 401 g/mol. The standard InChI is InChI=1S/C16H17F2N3O5S/c1-9(26-13(23)8-21-12(22)7-20(2)16(21)25)14(24)19-10-3-5-11(6-4-10)27-15(17)18/h3-6,9,15H,7-8H2,1-2H3,(H,19,24)/t9-/m1/s1. The van der Waals surface area contributed by atoms with E-state index in [1.165, 1.54) is 38.2 Å². The van der Waals surface area contributed by atoms with E-state index in [-0.39, 0.29) is 6.54 Å². The van der Waals surface area contributed by atoms with Gasteiger partial charge in [0.1, 0.15) is 13.1 Å². The summed E-state index contributed by atoms with van der Waals surface area (Å²) in [4.78, 5) is 49.5. The van der Waals surface area contributed by atoms with Gasteiger partial charge in [-0.15, -0.1) is 0 Å². The number of urea groups is 1. The summed E-state index contributed by atoms with van der Waals surface area (Å²) in [6, 6.07) is 5.10. The van der Waals surface area contributed by atoms with E-state index in [0.29, 0.717) is 22.3 Å². The Balaban J connectivity index is 1.85. The maximum absolute atomic E-state index is 12.3. The van der Waals surface area contributed by atoms with Crippen LogP contribution in [-0.2, 0) is 19.1 Å². The van der Waals surface area contributed by atoms with Crippen LogP contribution in [0.1, 0.15) is 6.92 Å². The van der Waals surface area contributed by atoms with Gasteiger partial charge in [-0.1, -0.05) is 11.8 Å². The van der Waals surface area contributed by atoms with E-state index in [0.717, 1.165) is 9.80 Å². The van der Waals surface area contributed by atoms with Crippen LogP contribution in [0, 0.1) is 0 Å². The van der Waals surface area contributed by atoms with Crippen molar-refractivity contribution in [1.82, 2.24) is 9.80 Å². The van der Waals surface area contributed by atoms with Crippen molar-refractivity contribution in [2.45, 2.75) is 23.7 Å². The molecule has 0 radical (unpaired) electrons. The molecule has 2 rings (SSSR count). The number of halogens is 2. The third-order valence-corrected chi connectivity index (χ3v) is 4.27. The van der Waals surface area contributed by atoms with Crippen molar-refractivity contribution >= 4 is 41.3 Å². The minimum atomic E-state index is -2.54. The first-order chi connectivity index (χ1) is 12.7. The average Bonchev–Trinajstić information content (AvgIpc) is 2.82. The fourth-order valence-electron chi connectivity index (χ4n) is 2.21. The largest absolute Gasteiger partial charge is 0.451 e. The summed E-state index contributed by atoms with van der Waals surface area (Å²) in [6.45, 7) is 0.620. The summed E-state index contributed by atoms with van der Waals surface area (Å²) in [5.41, 5.74) is 0.341. The number of carbonyl (C=O) groups is 4. The van der Waals surface area contributed by atoms with Crippen LogP contribution >= 0.6 is 11.8 Å². The molecule has 4 amide bonds. The lowest BCUT2D eigenvalue weighted by Gasteiger charge is -2.16. The van der Waals surface area contributed by atoms with Crippen molar-refractivity contribution in [3.63, 3.8) is 0 Å². The van der Waals surface area contributed by atoms with Crippen LogP contribution in [0.2, 0.25) is 0 Å². The molecule has 1 atom stereocenters. The molecule has 0 aliphatic carbocycles. The predicted molar refractivity (Wildman–Crippen MR) is 92.2 cm³/mol. The van der Waals surface area contributed by atoms with Crippen molar-refractivity contribution in [1.29, 1.82) is 0 Å². The van der Waals surface area contributed by atoms with Gasteiger partial charge in [0.15, 0.2) is 6.10 Å². The monoisotopic (exact) mass is 401 g/mol. The molecule has 0 saturated carbocycles. The van der Waals surface area contributed by atoms with Gasteiger partial charge in [0, 0.05) is 17.6 Å². The third kappa shape index (κ3) is 5.64. The number of likely N-dealkylation sites (N-methyl/N-ethyl adjacent to an activating group) is 1.